The van der Waals surface area contributed by atoms with Crippen molar-refractivity contribution in [1.82, 2.24) is 10.2 Å². The average molecular weight is 410 g/mol. The minimum absolute atomic E-state index is 0.215. The highest BCUT2D eigenvalue weighted by Crippen LogP contribution is 2.10. The number of amides is 1. The molecule has 0 unspecified atom stereocenters. The Kier molecular flexibility index (Phi) is 22.7. The quantitative estimate of drug-likeness (QED) is 0.175. The molecular formula is C25H51N3O. The monoisotopic (exact) mass is 409 g/mol. The van der Waals surface area contributed by atoms with Gasteiger partial charge in [0.15, 0.2) is 0 Å². The average Bonchev–Trinajstić information content (AvgIpc) is 2.72. The summed E-state index contributed by atoms with van der Waals surface area (Å²) in [5, 5.41) is 3.04. The molecule has 4 nitrogen and oxygen atoms in total. The molecule has 172 valence electrons. The van der Waals surface area contributed by atoms with Gasteiger partial charge in [-0.25, -0.2) is 0 Å². The lowest BCUT2D eigenvalue weighted by Crippen LogP contribution is -2.29. The summed E-state index contributed by atoms with van der Waals surface area (Å²) in [6, 6.07) is 0. The van der Waals surface area contributed by atoms with Gasteiger partial charge in [-0.2, -0.15) is 0 Å². The first-order valence-electron chi connectivity index (χ1n) is 12.5. The van der Waals surface area contributed by atoms with Crippen LogP contribution in [0.3, 0.4) is 0 Å². The lowest BCUT2D eigenvalue weighted by atomic mass is 10.1. The minimum Gasteiger partial charge on any atom is -0.356 e. The normalized spacial score (nSPS) is 11.6. The molecule has 0 heterocycles. The predicted octanol–water partition coefficient (Wildman–Crippen LogP) is 5.81. The molecule has 0 rings (SSSR count). The SMILES string of the molecule is CCCCCCCC/C=C\CCCCCCCC(=O)NCCCN(C)CCCN. The Morgan fingerprint density at radius 1 is 0.793 bits per heavy atom. The van der Waals surface area contributed by atoms with Gasteiger partial charge in [0.05, 0.1) is 0 Å². The van der Waals surface area contributed by atoms with Crippen molar-refractivity contribution in [2.24, 2.45) is 5.73 Å². The number of nitrogens with two attached hydrogens (primary N) is 1. The van der Waals surface area contributed by atoms with Gasteiger partial charge in [0.2, 0.25) is 5.91 Å². The summed E-state index contributed by atoms with van der Waals surface area (Å²) in [6.45, 7) is 5.87. The van der Waals surface area contributed by atoms with Gasteiger partial charge < -0.3 is 16.0 Å². The van der Waals surface area contributed by atoms with E-state index in [0.29, 0.717) is 6.42 Å². The van der Waals surface area contributed by atoms with Crippen molar-refractivity contribution in [2.45, 2.75) is 110 Å². The van der Waals surface area contributed by atoms with Crippen LogP contribution in [0.2, 0.25) is 0 Å². The Morgan fingerprint density at radius 3 is 1.97 bits per heavy atom. The Hall–Kier alpha value is -0.870. The third kappa shape index (κ3) is 23.3. The fourth-order valence-electron chi connectivity index (χ4n) is 3.49. The van der Waals surface area contributed by atoms with Crippen LogP contribution >= 0.6 is 0 Å². The number of rotatable bonds is 22. The van der Waals surface area contributed by atoms with Gasteiger partial charge in [-0.3, -0.25) is 4.79 Å². The molecule has 1 amide bonds. The molecule has 0 spiro atoms. The largest absolute Gasteiger partial charge is 0.356 e. The standard InChI is InChI=1S/C25H51N3O/c1-3-4-5-6-7-8-9-10-11-12-13-14-15-16-17-20-25(29)27-22-19-24-28(2)23-18-21-26/h10-11H,3-9,12-24,26H2,1-2H3,(H,27,29)/b11-10-. The van der Waals surface area contributed by atoms with E-state index in [-0.39, 0.29) is 5.91 Å². The van der Waals surface area contributed by atoms with E-state index in [2.05, 4.69) is 36.3 Å². The molecular weight excluding hydrogens is 358 g/mol. The lowest BCUT2D eigenvalue weighted by Gasteiger charge is -2.15. The van der Waals surface area contributed by atoms with Crippen LogP contribution in [0.4, 0.5) is 0 Å². The number of hydrogen-bond donors (Lipinski definition) is 2. The maximum Gasteiger partial charge on any atom is 0.219 e. The molecule has 0 atom stereocenters. The highest BCUT2D eigenvalue weighted by molar-refractivity contribution is 5.75. The molecule has 0 aromatic rings. The second kappa shape index (κ2) is 23.4. The van der Waals surface area contributed by atoms with Crippen molar-refractivity contribution in [2.75, 3.05) is 33.2 Å². The van der Waals surface area contributed by atoms with Gasteiger partial charge in [-0.1, -0.05) is 70.4 Å². The van der Waals surface area contributed by atoms with Crippen LogP contribution in [0.1, 0.15) is 110 Å². The molecule has 0 saturated carbocycles. The van der Waals surface area contributed by atoms with Crippen LogP contribution in [0, 0.1) is 0 Å². The van der Waals surface area contributed by atoms with E-state index in [9.17, 15) is 4.79 Å². The molecule has 0 saturated heterocycles. The third-order valence-electron chi connectivity index (χ3n) is 5.45. The van der Waals surface area contributed by atoms with Crippen LogP contribution in [0.5, 0.6) is 0 Å². The van der Waals surface area contributed by atoms with Gasteiger partial charge in [-0.05, 0) is 71.6 Å². The van der Waals surface area contributed by atoms with Crippen molar-refractivity contribution in [3.05, 3.63) is 12.2 Å². The third-order valence-corrected chi connectivity index (χ3v) is 5.45. The molecule has 0 bridgehead atoms. The zero-order valence-electron chi connectivity index (χ0n) is 19.7. The van der Waals surface area contributed by atoms with Gasteiger partial charge in [-0.15, -0.1) is 0 Å². The van der Waals surface area contributed by atoms with Gasteiger partial charge in [0.25, 0.3) is 0 Å². The molecule has 4 heteroatoms. The van der Waals surface area contributed by atoms with Crippen LogP contribution in [-0.2, 0) is 4.79 Å². The van der Waals surface area contributed by atoms with Gasteiger partial charge in [0.1, 0.15) is 0 Å². The number of hydrogen-bond acceptors (Lipinski definition) is 3. The van der Waals surface area contributed by atoms with Crippen LogP contribution < -0.4 is 11.1 Å². The predicted molar refractivity (Wildman–Crippen MR) is 128 cm³/mol. The van der Waals surface area contributed by atoms with Crippen molar-refractivity contribution < 1.29 is 4.79 Å². The van der Waals surface area contributed by atoms with E-state index in [1.807, 2.05) is 0 Å². The van der Waals surface area contributed by atoms with Crippen molar-refractivity contribution in [3.8, 4) is 0 Å². The first-order valence-corrected chi connectivity index (χ1v) is 12.5. The number of carbonyl (C=O) groups is 1. The Bertz CT molecular complexity index is 371. The number of carbonyl (C=O) groups excluding carboxylic acids is 1. The fourth-order valence-corrected chi connectivity index (χ4v) is 3.49. The number of nitrogens with zero attached hydrogens (tertiary/aromatic N) is 1. The van der Waals surface area contributed by atoms with Crippen molar-refractivity contribution in [1.29, 1.82) is 0 Å². The summed E-state index contributed by atoms with van der Waals surface area (Å²) in [5.41, 5.74) is 5.51. The van der Waals surface area contributed by atoms with Crippen LogP contribution in [0.15, 0.2) is 12.2 Å². The zero-order valence-corrected chi connectivity index (χ0v) is 19.7. The van der Waals surface area contributed by atoms with E-state index >= 15 is 0 Å². The van der Waals surface area contributed by atoms with E-state index in [1.165, 1.54) is 77.0 Å². The van der Waals surface area contributed by atoms with Gasteiger partial charge in [0, 0.05) is 13.0 Å². The topological polar surface area (TPSA) is 58.4 Å². The Morgan fingerprint density at radius 2 is 1.34 bits per heavy atom. The summed E-state index contributed by atoms with van der Waals surface area (Å²) in [4.78, 5) is 14.1. The van der Waals surface area contributed by atoms with Crippen LogP contribution in [-0.4, -0.2) is 44.0 Å². The summed E-state index contributed by atoms with van der Waals surface area (Å²) in [6.07, 6.45) is 24.3. The number of unbranched alkanes of at least 4 members (excludes halogenated alkanes) is 11. The Balaban J connectivity index is 3.27. The zero-order chi connectivity index (χ0) is 21.4. The molecule has 0 radical (unpaired) electrons. The number of nitrogens with one attached hydrogen (secondary N) is 1. The van der Waals surface area contributed by atoms with Crippen molar-refractivity contribution in [3.63, 3.8) is 0 Å². The Labute approximate surface area is 182 Å². The summed E-state index contributed by atoms with van der Waals surface area (Å²) < 4.78 is 0. The maximum absolute atomic E-state index is 11.8. The molecule has 0 fully saturated rings. The molecule has 3 N–H and O–H groups in total. The van der Waals surface area contributed by atoms with Crippen molar-refractivity contribution >= 4 is 5.91 Å². The molecule has 0 aliphatic carbocycles. The highest BCUT2D eigenvalue weighted by atomic mass is 16.1. The smallest absolute Gasteiger partial charge is 0.219 e. The summed E-state index contributed by atoms with van der Waals surface area (Å²) in [5.74, 6) is 0.215. The summed E-state index contributed by atoms with van der Waals surface area (Å²) >= 11 is 0. The molecule has 0 aromatic heterocycles. The van der Waals surface area contributed by atoms with Gasteiger partial charge >= 0.3 is 0 Å². The molecule has 29 heavy (non-hydrogen) atoms. The maximum atomic E-state index is 11.8. The summed E-state index contributed by atoms with van der Waals surface area (Å²) in [7, 11) is 2.11. The highest BCUT2D eigenvalue weighted by Gasteiger charge is 2.02. The van der Waals surface area contributed by atoms with E-state index in [0.717, 1.165) is 45.4 Å². The fraction of sp³-hybridized carbons (Fsp3) is 0.880. The van der Waals surface area contributed by atoms with Crippen LogP contribution in [0.25, 0.3) is 0 Å². The first-order chi connectivity index (χ1) is 14.2. The minimum atomic E-state index is 0.215. The molecule has 0 aliphatic heterocycles. The van der Waals surface area contributed by atoms with E-state index in [1.54, 1.807) is 0 Å². The second-order valence-corrected chi connectivity index (χ2v) is 8.48. The first kappa shape index (κ1) is 28.1. The molecule has 0 aromatic carbocycles. The van der Waals surface area contributed by atoms with E-state index < -0.39 is 0 Å². The van der Waals surface area contributed by atoms with E-state index in [4.69, 9.17) is 5.73 Å². The molecule has 0 aliphatic rings. The lowest BCUT2D eigenvalue weighted by molar-refractivity contribution is -0.121. The second-order valence-electron chi connectivity index (χ2n) is 8.48. The number of allylic oxidation sites excluding steroid dienone is 2.